The van der Waals surface area contributed by atoms with Gasteiger partial charge >= 0.3 is 5.69 Å². The summed E-state index contributed by atoms with van der Waals surface area (Å²) in [5.74, 6) is 0.627. The van der Waals surface area contributed by atoms with Crippen molar-refractivity contribution in [1.82, 2.24) is 23.1 Å². The fraction of sp³-hybridized carbons (Fsp3) is 0.250. The SMILES string of the molecule is C/C=C/Cn1c(=O)c2c(nc3n(-c4ccccc4)c(C)c(C)n23)n(C)c1=O. The summed E-state index contributed by atoms with van der Waals surface area (Å²) in [7, 11) is 1.65. The summed E-state index contributed by atoms with van der Waals surface area (Å²) in [4.78, 5) is 30.5. The van der Waals surface area contributed by atoms with E-state index < -0.39 is 0 Å². The van der Waals surface area contributed by atoms with Crippen LogP contribution in [0.1, 0.15) is 18.3 Å². The molecule has 3 aromatic heterocycles. The summed E-state index contributed by atoms with van der Waals surface area (Å²) < 4.78 is 6.55. The van der Waals surface area contributed by atoms with Gasteiger partial charge in [0.25, 0.3) is 5.56 Å². The van der Waals surface area contributed by atoms with Gasteiger partial charge in [-0.25, -0.2) is 4.79 Å². The van der Waals surface area contributed by atoms with Crippen LogP contribution in [0.25, 0.3) is 22.6 Å². The topological polar surface area (TPSA) is 66.2 Å². The molecule has 1 aromatic carbocycles. The largest absolute Gasteiger partial charge is 0.332 e. The Bertz CT molecular complexity index is 1320. The zero-order chi connectivity index (χ0) is 19.3. The Labute approximate surface area is 155 Å². The number of hydrogen-bond donors (Lipinski definition) is 0. The first-order valence-corrected chi connectivity index (χ1v) is 8.83. The number of rotatable bonds is 3. The number of fused-ring (bicyclic) bond motifs is 3. The van der Waals surface area contributed by atoms with Crippen molar-refractivity contribution in [3.8, 4) is 5.69 Å². The van der Waals surface area contributed by atoms with Gasteiger partial charge in [-0.15, -0.1) is 0 Å². The van der Waals surface area contributed by atoms with Crippen LogP contribution >= 0.6 is 0 Å². The molecule has 0 aliphatic heterocycles. The zero-order valence-electron chi connectivity index (χ0n) is 15.8. The summed E-state index contributed by atoms with van der Waals surface area (Å²) in [5, 5.41) is 0. The Morgan fingerprint density at radius 1 is 1.07 bits per heavy atom. The lowest BCUT2D eigenvalue weighted by Gasteiger charge is -2.07. The van der Waals surface area contributed by atoms with E-state index in [0.29, 0.717) is 16.9 Å². The lowest BCUT2D eigenvalue weighted by atomic mass is 10.3. The molecular formula is C20H21N5O2. The second-order valence-corrected chi connectivity index (χ2v) is 6.59. The van der Waals surface area contributed by atoms with Gasteiger partial charge in [0.2, 0.25) is 5.78 Å². The van der Waals surface area contributed by atoms with Gasteiger partial charge in [0.05, 0.1) is 0 Å². The van der Waals surface area contributed by atoms with Crippen LogP contribution in [0, 0.1) is 13.8 Å². The molecule has 7 nitrogen and oxygen atoms in total. The van der Waals surface area contributed by atoms with Gasteiger partial charge in [0.1, 0.15) is 0 Å². The summed E-state index contributed by atoms with van der Waals surface area (Å²) in [6.45, 7) is 6.06. The highest BCUT2D eigenvalue weighted by Gasteiger charge is 2.22. The standard InChI is InChI=1S/C20H21N5O2/c1-5-6-12-23-18(26)16-17(22(4)20(23)27)21-19-24(13(2)14(3)25(16)19)15-10-8-7-9-11-15/h5-11H,12H2,1-4H3/b6-5+. The van der Waals surface area contributed by atoms with Crippen molar-refractivity contribution < 1.29 is 0 Å². The predicted molar refractivity (Wildman–Crippen MR) is 106 cm³/mol. The van der Waals surface area contributed by atoms with E-state index in [-0.39, 0.29) is 17.8 Å². The van der Waals surface area contributed by atoms with Crippen molar-refractivity contribution in [2.45, 2.75) is 27.3 Å². The lowest BCUT2D eigenvalue weighted by molar-refractivity contribution is 0.666. The van der Waals surface area contributed by atoms with E-state index in [0.717, 1.165) is 17.1 Å². The zero-order valence-corrected chi connectivity index (χ0v) is 15.8. The Morgan fingerprint density at radius 2 is 1.78 bits per heavy atom. The molecule has 138 valence electrons. The number of aromatic nitrogens is 5. The average molecular weight is 363 g/mol. The molecule has 4 rings (SSSR count). The van der Waals surface area contributed by atoms with E-state index in [2.05, 4.69) is 4.98 Å². The van der Waals surface area contributed by atoms with E-state index in [1.54, 1.807) is 13.1 Å². The molecule has 0 N–H and O–H groups in total. The third-order valence-electron chi connectivity index (χ3n) is 5.06. The molecular weight excluding hydrogens is 342 g/mol. The van der Waals surface area contributed by atoms with Crippen molar-refractivity contribution in [1.29, 1.82) is 0 Å². The smallest absolute Gasteiger partial charge is 0.283 e. The molecule has 0 unspecified atom stereocenters. The molecule has 0 amide bonds. The molecule has 3 heterocycles. The molecule has 27 heavy (non-hydrogen) atoms. The van der Waals surface area contributed by atoms with Gasteiger partial charge in [0.15, 0.2) is 11.2 Å². The average Bonchev–Trinajstić information content (AvgIpc) is 3.17. The Hall–Kier alpha value is -3.35. The molecule has 4 aromatic rings. The minimum Gasteiger partial charge on any atom is -0.283 e. The summed E-state index contributed by atoms with van der Waals surface area (Å²) in [6.07, 6.45) is 3.61. The third kappa shape index (κ3) is 2.31. The van der Waals surface area contributed by atoms with Crippen LogP contribution in [0.2, 0.25) is 0 Å². The number of para-hydroxylation sites is 1. The number of benzene rings is 1. The molecule has 0 aliphatic carbocycles. The number of allylic oxidation sites excluding steroid dienone is 2. The Balaban J connectivity index is 2.19. The van der Waals surface area contributed by atoms with Crippen LogP contribution in [0.4, 0.5) is 0 Å². The number of hydrogen-bond acceptors (Lipinski definition) is 3. The molecule has 0 atom stereocenters. The molecule has 7 heteroatoms. The molecule has 0 spiro atoms. The highest BCUT2D eigenvalue weighted by atomic mass is 16.2. The fourth-order valence-electron chi connectivity index (χ4n) is 3.51. The summed E-state index contributed by atoms with van der Waals surface area (Å²) in [5.41, 5.74) is 3.00. The van der Waals surface area contributed by atoms with Crippen molar-refractivity contribution in [3.05, 3.63) is 74.7 Å². The third-order valence-corrected chi connectivity index (χ3v) is 5.06. The van der Waals surface area contributed by atoms with Gasteiger partial charge < -0.3 is 0 Å². The van der Waals surface area contributed by atoms with Crippen molar-refractivity contribution in [2.75, 3.05) is 0 Å². The van der Waals surface area contributed by atoms with Crippen LogP contribution < -0.4 is 11.2 Å². The molecule has 0 bridgehead atoms. The van der Waals surface area contributed by atoms with Gasteiger partial charge in [-0.2, -0.15) is 4.98 Å². The number of aryl methyl sites for hydroxylation is 2. The normalized spacial score (nSPS) is 12.0. The number of imidazole rings is 2. The predicted octanol–water partition coefficient (Wildman–Crippen LogP) is 2.33. The first-order chi connectivity index (χ1) is 13.0. The first-order valence-electron chi connectivity index (χ1n) is 8.83. The highest BCUT2D eigenvalue weighted by Crippen LogP contribution is 2.24. The highest BCUT2D eigenvalue weighted by molar-refractivity contribution is 5.77. The van der Waals surface area contributed by atoms with Gasteiger partial charge in [-0.3, -0.25) is 22.9 Å². The second kappa shape index (κ2) is 6.12. The first kappa shape index (κ1) is 17.1. The van der Waals surface area contributed by atoms with Gasteiger partial charge in [-0.05, 0) is 32.9 Å². The van der Waals surface area contributed by atoms with Crippen molar-refractivity contribution in [3.63, 3.8) is 0 Å². The molecule has 0 radical (unpaired) electrons. The quantitative estimate of drug-likeness (QED) is 0.525. The molecule has 0 fully saturated rings. The van der Waals surface area contributed by atoms with Crippen molar-refractivity contribution in [2.24, 2.45) is 7.05 Å². The Kier molecular flexibility index (Phi) is 3.87. The lowest BCUT2D eigenvalue weighted by Crippen LogP contribution is -2.39. The van der Waals surface area contributed by atoms with Gasteiger partial charge in [-0.1, -0.05) is 30.4 Å². The maximum Gasteiger partial charge on any atom is 0.332 e. The summed E-state index contributed by atoms with van der Waals surface area (Å²) in [6, 6.07) is 9.87. The van der Waals surface area contributed by atoms with E-state index >= 15 is 0 Å². The Morgan fingerprint density at radius 3 is 2.44 bits per heavy atom. The van der Waals surface area contributed by atoms with Crippen LogP contribution in [0.15, 0.2) is 52.1 Å². The minimum atomic E-state index is -0.369. The summed E-state index contributed by atoms with van der Waals surface area (Å²) >= 11 is 0. The monoisotopic (exact) mass is 363 g/mol. The van der Waals surface area contributed by atoms with E-state index in [9.17, 15) is 9.59 Å². The van der Waals surface area contributed by atoms with E-state index in [1.807, 2.05) is 66.1 Å². The molecule has 0 saturated carbocycles. The minimum absolute atomic E-state index is 0.239. The maximum absolute atomic E-state index is 13.1. The van der Waals surface area contributed by atoms with Gasteiger partial charge in [0, 0.05) is 30.7 Å². The van der Waals surface area contributed by atoms with Crippen molar-refractivity contribution >= 4 is 16.9 Å². The molecule has 0 saturated heterocycles. The van der Waals surface area contributed by atoms with Crippen LogP contribution in [0.5, 0.6) is 0 Å². The van der Waals surface area contributed by atoms with E-state index in [4.69, 9.17) is 0 Å². The maximum atomic E-state index is 13.1. The second-order valence-electron chi connectivity index (χ2n) is 6.59. The van der Waals surface area contributed by atoms with E-state index in [1.165, 1.54) is 9.13 Å². The van der Waals surface area contributed by atoms with Crippen LogP contribution in [-0.2, 0) is 13.6 Å². The number of nitrogens with zero attached hydrogens (tertiary/aromatic N) is 5. The van der Waals surface area contributed by atoms with Crippen LogP contribution in [0.3, 0.4) is 0 Å². The molecule has 0 aliphatic rings. The van der Waals surface area contributed by atoms with Crippen LogP contribution in [-0.4, -0.2) is 23.1 Å². The fourth-order valence-corrected chi connectivity index (χ4v) is 3.51.